The molecule has 0 aliphatic carbocycles. The second-order valence-electron chi connectivity index (χ2n) is 5.95. The number of ether oxygens (including phenoxy) is 1. The van der Waals surface area contributed by atoms with E-state index in [1.165, 1.54) is 0 Å². The normalized spacial score (nSPS) is 18.0. The molecule has 0 radical (unpaired) electrons. The number of para-hydroxylation sites is 2. The molecular weight excluding hydrogens is 294 g/mol. The lowest BCUT2D eigenvalue weighted by Crippen LogP contribution is -2.25. The van der Waals surface area contributed by atoms with E-state index in [2.05, 4.69) is 10.1 Å². The first kappa shape index (κ1) is 15.5. The molecule has 23 heavy (non-hydrogen) atoms. The van der Waals surface area contributed by atoms with Crippen LogP contribution in [0.2, 0.25) is 0 Å². The van der Waals surface area contributed by atoms with Crippen LogP contribution in [0.15, 0.2) is 28.8 Å². The molecule has 122 valence electrons. The second kappa shape index (κ2) is 6.40. The molecule has 1 unspecified atom stereocenters. The first-order chi connectivity index (χ1) is 11.1. The number of hydrogen-bond acceptors (Lipinski definition) is 5. The zero-order valence-corrected chi connectivity index (χ0v) is 13.7. The SMILES string of the molecule is CCOc1ccccc1N1CC(c2nc(C(C)C)no2)CC1=O. The van der Waals surface area contributed by atoms with E-state index in [-0.39, 0.29) is 17.7 Å². The zero-order chi connectivity index (χ0) is 16.4. The summed E-state index contributed by atoms with van der Waals surface area (Å²) in [7, 11) is 0. The molecule has 1 fully saturated rings. The van der Waals surface area contributed by atoms with Gasteiger partial charge in [0.2, 0.25) is 11.8 Å². The van der Waals surface area contributed by atoms with Crippen molar-refractivity contribution in [2.24, 2.45) is 0 Å². The Morgan fingerprint density at radius 3 is 2.87 bits per heavy atom. The molecular formula is C17H21N3O3. The molecule has 0 N–H and O–H groups in total. The van der Waals surface area contributed by atoms with Crippen LogP contribution in [-0.4, -0.2) is 29.2 Å². The van der Waals surface area contributed by atoms with E-state index in [0.29, 0.717) is 31.3 Å². The zero-order valence-electron chi connectivity index (χ0n) is 13.7. The minimum atomic E-state index is -0.0721. The largest absolute Gasteiger partial charge is 0.492 e. The lowest BCUT2D eigenvalue weighted by atomic mass is 10.1. The summed E-state index contributed by atoms with van der Waals surface area (Å²) in [6.45, 7) is 7.04. The number of nitrogens with zero attached hydrogens (tertiary/aromatic N) is 3. The Balaban J connectivity index is 1.82. The topological polar surface area (TPSA) is 68.5 Å². The highest BCUT2D eigenvalue weighted by atomic mass is 16.5. The van der Waals surface area contributed by atoms with Crippen LogP contribution >= 0.6 is 0 Å². The third-order valence-corrected chi connectivity index (χ3v) is 3.90. The molecule has 1 aliphatic rings. The van der Waals surface area contributed by atoms with Gasteiger partial charge in [0.05, 0.1) is 18.2 Å². The van der Waals surface area contributed by atoms with Crippen LogP contribution in [-0.2, 0) is 4.79 Å². The molecule has 0 bridgehead atoms. The summed E-state index contributed by atoms with van der Waals surface area (Å²) < 4.78 is 11.0. The van der Waals surface area contributed by atoms with Gasteiger partial charge >= 0.3 is 0 Å². The van der Waals surface area contributed by atoms with Crippen LogP contribution in [0.4, 0.5) is 5.69 Å². The molecule has 6 heteroatoms. The number of carbonyl (C=O) groups excluding carboxylic acids is 1. The van der Waals surface area contributed by atoms with Gasteiger partial charge in [0, 0.05) is 18.9 Å². The molecule has 2 aromatic rings. The average Bonchev–Trinajstić information content (AvgIpc) is 3.15. The molecule has 0 saturated carbocycles. The number of benzene rings is 1. The number of anilines is 1. The Morgan fingerprint density at radius 1 is 1.39 bits per heavy atom. The van der Waals surface area contributed by atoms with Crippen molar-refractivity contribution >= 4 is 11.6 Å². The van der Waals surface area contributed by atoms with Crippen molar-refractivity contribution in [1.29, 1.82) is 0 Å². The highest BCUT2D eigenvalue weighted by Gasteiger charge is 2.36. The fraction of sp³-hybridized carbons (Fsp3) is 0.471. The van der Waals surface area contributed by atoms with Gasteiger partial charge in [-0.15, -0.1) is 0 Å². The van der Waals surface area contributed by atoms with E-state index in [9.17, 15) is 4.79 Å². The maximum Gasteiger partial charge on any atom is 0.232 e. The Bertz CT molecular complexity index is 696. The number of carbonyl (C=O) groups is 1. The van der Waals surface area contributed by atoms with Gasteiger partial charge < -0.3 is 14.2 Å². The number of aromatic nitrogens is 2. The summed E-state index contributed by atoms with van der Waals surface area (Å²) in [5, 5.41) is 3.99. The van der Waals surface area contributed by atoms with Crippen molar-refractivity contribution in [2.75, 3.05) is 18.1 Å². The monoisotopic (exact) mass is 315 g/mol. The van der Waals surface area contributed by atoms with E-state index in [4.69, 9.17) is 9.26 Å². The van der Waals surface area contributed by atoms with Gasteiger partial charge in [0.1, 0.15) is 5.75 Å². The quantitative estimate of drug-likeness (QED) is 0.848. The Labute approximate surface area is 135 Å². The third-order valence-electron chi connectivity index (χ3n) is 3.90. The standard InChI is InChI=1S/C17H21N3O3/c1-4-22-14-8-6-5-7-13(14)20-10-12(9-15(20)21)17-18-16(11(2)3)19-23-17/h5-8,11-12H,4,9-10H2,1-3H3. The van der Waals surface area contributed by atoms with E-state index >= 15 is 0 Å². The number of hydrogen-bond donors (Lipinski definition) is 0. The summed E-state index contributed by atoms with van der Waals surface area (Å²) in [5.74, 6) is 2.12. The fourth-order valence-electron chi connectivity index (χ4n) is 2.71. The molecule has 0 spiro atoms. The first-order valence-corrected chi connectivity index (χ1v) is 7.95. The molecule has 6 nitrogen and oxygen atoms in total. The van der Waals surface area contributed by atoms with Crippen LogP contribution in [0.25, 0.3) is 0 Å². The van der Waals surface area contributed by atoms with Gasteiger partial charge in [-0.3, -0.25) is 4.79 Å². The maximum absolute atomic E-state index is 12.4. The van der Waals surface area contributed by atoms with Crippen molar-refractivity contribution < 1.29 is 14.1 Å². The molecule has 1 saturated heterocycles. The van der Waals surface area contributed by atoms with Crippen molar-refractivity contribution in [3.05, 3.63) is 36.0 Å². The van der Waals surface area contributed by atoms with Gasteiger partial charge in [0.25, 0.3) is 0 Å². The molecule has 1 aromatic heterocycles. The summed E-state index contributed by atoms with van der Waals surface area (Å²) in [5.41, 5.74) is 0.797. The van der Waals surface area contributed by atoms with Crippen LogP contribution < -0.4 is 9.64 Å². The van der Waals surface area contributed by atoms with Crippen molar-refractivity contribution in [3.8, 4) is 5.75 Å². The van der Waals surface area contributed by atoms with Gasteiger partial charge in [-0.05, 0) is 19.1 Å². The van der Waals surface area contributed by atoms with E-state index < -0.39 is 0 Å². The molecule has 1 atom stereocenters. The third kappa shape index (κ3) is 3.06. The smallest absolute Gasteiger partial charge is 0.232 e. The maximum atomic E-state index is 12.4. The Kier molecular flexibility index (Phi) is 4.32. The second-order valence-corrected chi connectivity index (χ2v) is 5.95. The van der Waals surface area contributed by atoms with Crippen LogP contribution in [0.5, 0.6) is 5.75 Å². The summed E-state index contributed by atoms with van der Waals surface area (Å²) >= 11 is 0. The number of rotatable bonds is 5. The first-order valence-electron chi connectivity index (χ1n) is 7.95. The van der Waals surface area contributed by atoms with Gasteiger partial charge in [0.15, 0.2) is 5.82 Å². The highest BCUT2D eigenvalue weighted by molar-refractivity contribution is 5.97. The number of amides is 1. The minimum absolute atomic E-state index is 0.0476. The molecule has 1 aromatic carbocycles. The van der Waals surface area contributed by atoms with Crippen molar-refractivity contribution in [1.82, 2.24) is 10.1 Å². The Hall–Kier alpha value is -2.37. The predicted octanol–water partition coefficient (Wildman–Crippen LogP) is 3.11. The van der Waals surface area contributed by atoms with E-state index in [1.807, 2.05) is 45.0 Å². The minimum Gasteiger partial charge on any atom is -0.492 e. The summed E-state index contributed by atoms with van der Waals surface area (Å²) in [6.07, 6.45) is 0.375. The fourth-order valence-corrected chi connectivity index (χ4v) is 2.71. The summed E-state index contributed by atoms with van der Waals surface area (Å²) in [4.78, 5) is 18.6. The molecule has 3 rings (SSSR count). The van der Waals surface area contributed by atoms with E-state index in [0.717, 1.165) is 11.4 Å². The van der Waals surface area contributed by atoms with E-state index in [1.54, 1.807) is 4.90 Å². The molecule has 2 heterocycles. The van der Waals surface area contributed by atoms with Crippen LogP contribution in [0, 0.1) is 0 Å². The predicted molar refractivity (Wildman–Crippen MR) is 85.7 cm³/mol. The summed E-state index contributed by atoms with van der Waals surface area (Å²) in [6, 6.07) is 7.59. The van der Waals surface area contributed by atoms with Gasteiger partial charge in [-0.25, -0.2) is 0 Å². The van der Waals surface area contributed by atoms with Crippen LogP contribution in [0.1, 0.15) is 50.7 Å². The van der Waals surface area contributed by atoms with Gasteiger partial charge in [-0.1, -0.05) is 31.1 Å². The molecule has 1 amide bonds. The lowest BCUT2D eigenvalue weighted by molar-refractivity contribution is -0.117. The van der Waals surface area contributed by atoms with Crippen LogP contribution in [0.3, 0.4) is 0 Å². The average molecular weight is 315 g/mol. The van der Waals surface area contributed by atoms with Crippen molar-refractivity contribution in [3.63, 3.8) is 0 Å². The Morgan fingerprint density at radius 2 is 2.17 bits per heavy atom. The lowest BCUT2D eigenvalue weighted by Gasteiger charge is -2.19. The molecule has 1 aliphatic heterocycles. The van der Waals surface area contributed by atoms with Gasteiger partial charge in [-0.2, -0.15) is 4.98 Å². The highest BCUT2D eigenvalue weighted by Crippen LogP contribution is 2.36. The van der Waals surface area contributed by atoms with Crippen molar-refractivity contribution in [2.45, 2.75) is 39.0 Å².